The van der Waals surface area contributed by atoms with Gasteiger partial charge in [-0.2, -0.15) is 4.31 Å². The Kier molecular flexibility index (Phi) is 7.36. The molecule has 5 rings (SSSR count). The number of thiazole rings is 1. The number of nitrogens with one attached hydrogen (secondary N) is 1. The Balaban J connectivity index is 1.30. The van der Waals surface area contributed by atoms with Crippen LogP contribution in [0.25, 0.3) is 0 Å². The van der Waals surface area contributed by atoms with E-state index in [-0.39, 0.29) is 17.9 Å². The van der Waals surface area contributed by atoms with Gasteiger partial charge in [0.1, 0.15) is 6.61 Å². The highest BCUT2D eigenvalue weighted by atomic mass is 32.2. The number of aryl methyl sites for hydroxylation is 1. The van der Waals surface area contributed by atoms with E-state index < -0.39 is 22.0 Å². The first kappa shape index (κ1) is 25.1. The molecule has 1 aromatic heterocycles. The van der Waals surface area contributed by atoms with Crippen molar-refractivity contribution in [2.45, 2.75) is 37.3 Å². The molecular weight excluding hydrogens is 506 g/mol. The van der Waals surface area contributed by atoms with Crippen molar-refractivity contribution in [1.82, 2.24) is 9.29 Å². The molecule has 1 N–H and O–H groups in total. The summed E-state index contributed by atoms with van der Waals surface area (Å²) in [5, 5.41) is 5.76. The summed E-state index contributed by atoms with van der Waals surface area (Å²) in [6.07, 6.45) is 0.504. The van der Waals surface area contributed by atoms with Gasteiger partial charge >= 0.3 is 5.97 Å². The maximum Gasteiger partial charge on any atom is 0.308 e. The molecule has 1 unspecified atom stereocenters. The van der Waals surface area contributed by atoms with Gasteiger partial charge in [-0.05, 0) is 48.7 Å². The van der Waals surface area contributed by atoms with Gasteiger partial charge in [0.25, 0.3) is 0 Å². The Bertz CT molecular complexity index is 1490. The lowest BCUT2D eigenvalue weighted by Crippen LogP contribution is -2.41. The molecule has 3 aromatic carbocycles. The van der Waals surface area contributed by atoms with Crippen LogP contribution in [0.5, 0.6) is 0 Å². The van der Waals surface area contributed by atoms with Gasteiger partial charge in [-0.25, -0.2) is 13.4 Å². The molecule has 0 saturated heterocycles. The van der Waals surface area contributed by atoms with Crippen molar-refractivity contribution < 1.29 is 17.9 Å². The Morgan fingerprint density at radius 1 is 1.05 bits per heavy atom. The zero-order valence-electron chi connectivity index (χ0n) is 20.3. The van der Waals surface area contributed by atoms with Crippen molar-refractivity contribution in [3.8, 4) is 0 Å². The highest BCUT2D eigenvalue weighted by molar-refractivity contribution is 7.89. The zero-order valence-corrected chi connectivity index (χ0v) is 22.0. The SMILES string of the molecule is Cc1ccc(S(=O)(=O)N2CCc3ccccc3C2CC(=O)OCc2csc(Nc3ccccc3)n2)cc1. The van der Waals surface area contributed by atoms with Gasteiger partial charge in [0.2, 0.25) is 10.0 Å². The molecule has 9 heteroatoms. The van der Waals surface area contributed by atoms with E-state index in [2.05, 4.69) is 10.3 Å². The number of esters is 1. The Hall–Kier alpha value is -3.53. The summed E-state index contributed by atoms with van der Waals surface area (Å²) in [5.41, 5.74) is 4.42. The standard InChI is InChI=1S/C28H27N3O4S2/c1-20-11-13-24(14-12-20)37(33,34)31-16-15-21-7-5-6-10-25(21)26(31)17-27(32)35-18-23-19-36-28(30-23)29-22-8-3-2-4-9-22/h2-14,19,26H,15-18H2,1H3,(H,29,30). The fourth-order valence-corrected chi connectivity index (χ4v) is 6.74. The fourth-order valence-electron chi connectivity index (χ4n) is 4.42. The van der Waals surface area contributed by atoms with E-state index in [1.54, 1.807) is 24.3 Å². The van der Waals surface area contributed by atoms with Gasteiger partial charge < -0.3 is 10.1 Å². The third kappa shape index (κ3) is 5.74. The smallest absolute Gasteiger partial charge is 0.308 e. The number of fused-ring (bicyclic) bond motifs is 1. The maximum atomic E-state index is 13.6. The van der Waals surface area contributed by atoms with Crippen molar-refractivity contribution in [3.05, 3.63) is 107 Å². The van der Waals surface area contributed by atoms with Gasteiger partial charge in [-0.15, -0.1) is 11.3 Å². The number of ether oxygens (including phenoxy) is 1. The van der Waals surface area contributed by atoms with Crippen LogP contribution in [0.2, 0.25) is 0 Å². The summed E-state index contributed by atoms with van der Waals surface area (Å²) < 4.78 is 34.2. The Morgan fingerprint density at radius 2 is 1.78 bits per heavy atom. The van der Waals surface area contributed by atoms with Crippen LogP contribution in [-0.4, -0.2) is 30.2 Å². The molecule has 0 amide bonds. The number of aromatic nitrogens is 1. The minimum absolute atomic E-state index is 0.0187. The summed E-state index contributed by atoms with van der Waals surface area (Å²) in [6, 6.07) is 23.5. The molecule has 2 heterocycles. The third-order valence-electron chi connectivity index (χ3n) is 6.31. The topological polar surface area (TPSA) is 88.6 Å². The molecule has 37 heavy (non-hydrogen) atoms. The van der Waals surface area contributed by atoms with Crippen LogP contribution in [-0.2, 0) is 32.6 Å². The Labute approximate surface area is 220 Å². The van der Waals surface area contributed by atoms with Gasteiger partial charge in [0.05, 0.1) is 23.1 Å². The first-order chi connectivity index (χ1) is 17.9. The molecule has 0 saturated carbocycles. The normalized spacial score (nSPS) is 15.6. The molecule has 1 aliphatic heterocycles. The van der Waals surface area contributed by atoms with Crippen molar-refractivity contribution >= 4 is 38.1 Å². The molecule has 0 fully saturated rings. The number of carbonyl (C=O) groups excluding carboxylic acids is 1. The average Bonchev–Trinajstić information content (AvgIpc) is 3.35. The molecule has 190 valence electrons. The van der Waals surface area contributed by atoms with Crippen LogP contribution in [0.15, 0.2) is 89.1 Å². The van der Waals surface area contributed by atoms with Gasteiger partial charge in [-0.3, -0.25) is 4.79 Å². The van der Waals surface area contributed by atoms with Crippen molar-refractivity contribution in [1.29, 1.82) is 0 Å². The number of anilines is 2. The third-order valence-corrected chi connectivity index (χ3v) is 9.04. The number of sulfonamides is 1. The van der Waals surface area contributed by atoms with E-state index in [4.69, 9.17) is 4.74 Å². The number of carbonyl (C=O) groups is 1. The quantitative estimate of drug-likeness (QED) is 0.296. The van der Waals surface area contributed by atoms with Crippen molar-refractivity contribution in [2.24, 2.45) is 0 Å². The van der Waals surface area contributed by atoms with Crippen LogP contribution in [0.3, 0.4) is 0 Å². The molecule has 0 aliphatic carbocycles. The van der Waals surface area contributed by atoms with Gasteiger partial charge in [0.15, 0.2) is 5.13 Å². The summed E-state index contributed by atoms with van der Waals surface area (Å²) in [7, 11) is -3.80. The number of para-hydroxylation sites is 1. The second-order valence-electron chi connectivity index (χ2n) is 8.89. The number of hydrogen-bond acceptors (Lipinski definition) is 7. The molecule has 7 nitrogen and oxygen atoms in total. The lowest BCUT2D eigenvalue weighted by molar-refractivity contribution is -0.146. The van der Waals surface area contributed by atoms with Crippen LogP contribution in [0.4, 0.5) is 10.8 Å². The van der Waals surface area contributed by atoms with Gasteiger partial charge in [-0.1, -0.05) is 60.2 Å². The van der Waals surface area contributed by atoms with E-state index in [1.807, 2.05) is 66.9 Å². The summed E-state index contributed by atoms with van der Waals surface area (Å²) in [5.74, 6) is -0.476. The second-order valence-corrected chi connectivity index (χ2v) is 11.6. The molecule has 0 bridgehead atoms. The monoisotopic (exact) mass is 533 g/mol. The molecule has 1 aliphatic rings. The van der Waals surface area contributed by atoms with Crippen LogP contribution in [0.1, 0.15) is 34.8 Å². The highest BCUT2D eigenvalue weighted by Crippen LogP contribution is 2.36. The lowest BCUT2D eigenvalue weighted by Gasteiger charge is -2.36. The number of nitrogens with zero attached hydrogens (tertiary/aromatic N) is 2. The predicted molar refractivity (Wildman–Crippen MR) is 144 cm³/mol. The summed E-state index contributed by atoms with van der Waals surface area (Å²) in [4.78, 5) is 17.7. The number of benzene rings is 3. The molecule has 0 radical (unpaired) electrons. The van der Waals surface area contributed by atoms with Crippen LogP contribution >= 0.6 is 11.3 Å². The first-order valence-corrected chi connectivity index (χ1v) is 14.3. The predicted octanol–water partition coefficient (Wildman–Crippen LogP) is 5.62. The first-order valence-electron chi connectivity index (χ1n) is 12.0. The van der Waals surface area contributed by atoms with E-state index >= 15 is 0 Å². The minimum Gasteiger partial charge on any atom is -0.459 e. The van der Waals surface area contributed by atoms with E-state index in [0.717, 1.165) is 22.4 Å². The Morgan fingerprint density at radius 3 is 2.57 bits per heavy atom. The van der Waals surface area contributed by atoms with Crippen LogP contribution in [0, 0.1) is 6.92 Å². The molecule has 0 spiro atoms. The largest absolute Gasteiger partial charge is 0.459 e. The fraction of sp³-hybridized carbons (Fsp3) is 0.214. The van der Waals surface area contributed by atoms with E-state index in [9.17, 15) is 13.2 Å². The lowest BCUT2D eigenvalue weighted by atomic mass is 9.92. The van der Waals surface area contributed by atoms with Crippen molar-refractivity contribution in [3.63, 3.8) is 0 Å². The molecule has 4 aromatic rings. The zero-order chi connectivity index (χ0) is 25.8. The highest BCUT2D eigenvalue weighted by Gasteiger charge is 2.37. The minimum atomic E-state index is -3.80. The number of hydrogen-bond donors (Lipinski definition) is 1. The van der Waals surface area contributed by atoms with E-state index in [1.165, 1.54) is 15.6 Å². The van der Waals surface area contributed by atoms with Crippen LogP contribution < -0.4 is 5.32 Å². The summed E-state index contributed by atoms with van der Waals surface area (Å²) >= 11 is 1.42. The van der Waals surface area contributed by atoms with Crippen molar-refractivity contribution in [2.75, 3.05) is 11.9 Å². The molecular formula is C28H27N3O4S2. The van der Waals surface area contributed by atoms with E-state index in [0.29, 0.717) is 23.8 Å². The number of rotatable bonds is 8. The van der Waals surface area contributed by atoms with Gasteiger partial charge in [0, 0.05) is 17.6 Å². The average molecular weight is 534 g/mol. The second kappa shape index (κ2) is 10.8. The molecule has 1 atom stereocenters. The summed E-state index contributed by atoms with van der Waals surface area (Å²) in [6.45, 7) is 2.23. The maximum absolute atomic E-state index is 13.6.